The van der Waals surface area contributed by atoms with E-state index in [1.54, 1.807) is 0 Å². The number of phenolic OH excluding ortho intramolecular Hbond substituents is 1. The zero-order valence-corrected chi connectivity index (χ0v) is 7.19. The second-order valence-corrected chi connectivity index (χ2v) is 2.62. The minimum Gasteiger partial charge on any atom is -0.508 e. The van der Waals surface area contributed by atoms with Crippen LogP contribution in [0.1, 0.15) is 10.4 Å². The van der Waals surface area contributed by atoms with Gasteiger partial charge in [0.1, 0.15) is 5.75 Å². The molecule has 0 fully saturated rings. The van der Waals surface area contributed by atoms with Gasteiger partial charge in [-0.25, -0.2) is 0 Å². The highest BCUT2D eigenvalue weighted by Crippen LogP contribution is 2.11. The number of oxime groups is 1. The lowest BCUT2D eigenvalue weighted by Gasteiger charge is -1.96. The van der Waals surface area contributed by atoms with Gasteiger partial charge in [-0.3, -0.25) is 4.79 Å². The second-order valence-electron chi connectivity index (χ2n) is 2.27. The number of halogens is 1. The van der Waals surface area contributed by atoms with Crippen molar-refractivity contribution in [2.45, 2.75) is 0 Å². The van der Waals surface area contributed by atoms with Crippen LogP contribution in [0.3, 0.4) is 0 Å². The van der Waals surface area contributed by atoms with Crippen molar-refractivity contribution in [3.63, 3.8) is 0 Å². The summed E-state index contributed by atoms with van der Waals surface area (Å²) in [5.41, 5.74) is 0.251. The summed E-state index contributed by atoms with van der Waals surface area (Å²) in [6.07, 6.45) is 0. The Labute approximate surface area is 79.1 Å². The van der Waals surface area contributed by atoms with Crippen molar-refractivity contribution < 1.29 is 15.1 Å². The molecule has 0 bridgehead atoms. The molecule has 0 aliphatic rings. The number of nitrogens with zero attached hydrogens (tertiary/aromatic N) is 1. The number of carbonyl (C=O) groups excluding carboxylic acids is 1. The third-order valence-electron chi connectivity index (χ3n) is 1.40. The number of phenols is 1. The Morgan fingerprint density at radius 1 is 1.31 bits per heavy atom. The summed E-state index contributed by atoms with van der Waals surface area (Å²) in [7, 11) is 0. The first kappa shape index (κ1) is 9.54. The van der Waals surface area contributed by atoms with Crippen molar-refractivity contribution in [3.05, 3.63) is 29.8 Å². The highest BCUT2D eigenvalue weighted by molar-refractivity contribution is 6.84. The average Bonchev–Trinajstić information content (AvgIpc) is 2.17. The van der Waals surface area contributed by atoms with Gasteiger partial charge in [-0.1, -0.05) is 16.8 Å². The maximum Gasteiger partial charge on any atom is 0.226 e. The van der Waals surface area contributed by atoms with Crippen LogP contribution in [0.25, 0.3) is 0 Å². The van der Waals surface area contributed by atoms with Gasteiger partial charge in [0.15, 0.2) is 0 Å². The normalized spacial score (nSPS) is 11.3. The molecule has 5 heteroatoms. The molecule has 0 saturated heterocycles. The molecule has 68 valence electrons. The van der Waals surface area contributed by atoms with Gasteiger partial charge in [0.25, 0.3) is 0 Å². The summed E-state index contributed by atoms with van der Waals surface area (Å²) < 4.78 is 0. The maximum atomic E-state index is 11.2. The number of Topliss-reactive ketones (excluding diaryl/α,β-unsaturated/α-hetero) is 1. The summed E-state index contributed by atoms with van der Waals surface area (Å²) in [6, 6.07) is 5.44. The predicted molar refractivity (Wildman–Crippen MR) is 47.5 cm³/mol. The average molecular weight is 200 g/mol. The molecule has 0 aromatic heterocycles. The zero-order chi connectivity index (χ0) is 9.84. The molecular formula is C8H6ClNO3. The van der Waals surface area contributed by atoms with Crippen LogP contribution in [0.5, 0.6) is 5.75 Å². The number of carbonyl (C=O) groups is 1. The highest BCUT2D eigenvalue weighted by Gasteiger charge is 2.11. The van der Waals surface area contributed by atoms with Crippen LogP contribution in [0.4, 0.5) is 0 Å². The largest absolute Gasteiger partial charge is 0.508 e. The Kier molecular flexibility index (Phi) is 2.87. The topological polar surface area (TPSA) is 69.9 Å². The van der Waals surface area contributed by atoms with Crippen molar-refractivity contribution in [2.24, 2.45) is 5.16 Å². The third-order valence-corrected chi connectivity index (χ3v) is 1.65. The summed E-state index contributed by atoms with van der Waals surface area (Å²) in [5, 5.41) is 19.2. The SMILES string of the molecule is O=C(/C(Cl)=N/O)c1ccc(O)cc1. The van der Waals surface area contributed by atoms with E-state index in [1.165, 1.54) is 24.3 Å². The van der Waals surface area contributed by atoms with Gasteiger partial charge < -0.3 is 10.3 Å². The smallest absolute Gasteiger partial charge is 0.226 e. The third kappa shape index (κ3) is 2.19. The molecule has 0 heterocycles. The van der Waals surface area contributed by atoms with Crippen LogP contribution in [0, 0.1) is 0 Å². The number of rotatable bonds is 2. The molecule has 0 atom stereocenters. The predicted octanol–water partition coefficient (Wildman–Crippen LogP) is 1.60. The van der Waals surface area contributed by atoms with Crippen LogP contribution < -0.4 is 0 Å². The molecule has 1 aromatic carbocycles. The summed E-state index contributed by atoms with van der Waals surface area (Å²) in [4.78, 5) is 11.2. The molecule has 0 aliphatic carbocycles. The van der Waals surface area contributed by atoms with Crippen molar-refractivity contribution in [1.29, 1.82) is 0 Å². The van der Waals surface area contributed by atoms with E-state index in [2.05, 4.69) is 5.16 Å². The fourth-order valence-corrected chi connectivity index (χ4v) is 0.886. The Hall–Kier alpha value is -1.55. The van der Waals surface area contributed by atoms with Crippen LogP contribution in [0.2, 0.25) is 0 Å². The first-order valence-corrected chi connectivity index (χ1v) is 3.74. The Morgan fingerprint density at radius 2 is 1.85 bits per heavy atom. The monoisotopic (exact) mass is 199 g/mol. The van der Waals surface area contributed by atoms with E-state index in [9.17, 15) is 4.79 Å². The van der Waals surface area contributed by atoms with Crippen molar-refractivity contribution >= 4 is 22.6 Å². The fraction of sp³-hybridized carbons (Fsp3) is 0. The van der Waals surface area contributed by atoms with Gasteiger partial charge in [0.2, 0.25) is 11.0 Å². The first-order valence-electron chi connectivity index (χ1n) is 3.36. The molecule has 0 radical (unpaired) electrons. The van der Waals surface area contributed by atoms with Crippen molar-refractivity contribution in [2.75, 3.05) is 0 Å². The van der Waals surface area contributed by atoms with E-state index in [1.807, 2.05) is 0 Å². The number of hydrogen-bond donors (Lipinski definition) is 2. The number of hydrogen-bond acceptors (Lipinski definition) is 4. The van der Waals surface area contributed by atoms with E-state index in [0.29, 0.717) is 0 Å². The second kappa shape index (κ2) is 3.91. The van der Waals surface area contributed by atoms with E-state index in [0.717, 1.165) is 0 Å². The van der Waals surface area contributed by atoms with E-state index >= 15 is 0 Å². The van der Waals surface area contributed by atoms with Crippen molar-refractivity contribution in [1.82, 2.24) is 0 Å². The van der Waals surface area contributed by atoms with Gasteiger partial charge >= 0.3 is 0 Å². The first-order chi connectivity index (χ1) is 6.15. The highest BCUT2D eigenvalue weighted by atomic mass is 35.5. The number of benzene rings is 1. The van der Waals surface area contributed by atoms with E-state index < -0.39 is 11.0 Å². The van der Waals surface area contributed by atoms with Crippen LogP contribution >= 0.6 is 11.6 Å². The molecule has 0 aliphatic heterocycles. The summed E-state index contributed by atoms with van der Waals surface area (Å²) in [5.74, 6) is -0.544. The Balaban J connectivity index is 2.97. The van der Waals surface area contributed by atoms with E-state index in [4.69, 9.17) is 21.9 Å². The van der Waals surface area contributed by atoms with Gasteiger partial charge in [0, 0.05) is 5.56 Å². The molecule has 2 N–H and O–H groups in total. The lowest BCUT2D eigenvalue weighted by Crippen LogP contribution is -2.07. The van der Waals surface area contributed by atoms with Crippen molar-refractivity contribution in [3.8, 4) is 5.75 Å². The molecule has 4 nitrogen and oxygen atoms in total. The van der Waals surface area contributed by atoms with Gasteiger partial charge in [-0.15, -0.1) is 0 Å². The molecule has 0 unspecified atom stereocenters. The molecule has 0 spiro atoms. The quantitative estimate of drug-likeness (QED) is 0.329. The maximum absolute atomic E-state index is 11.2. The summed E-state index contributed by atoms with van der Waals surface area (Å²) in [6.45, 7) is 0. The minimum absolute atomic E-state index is 0.0496. The van der Waals surface area contributed by atoms with Crippen LogP contribution in [-0.2, 0) is 0 Å². The molecule has 0 amide bonds. The van der Waals surface area contributed by atoms with Gasteiger partial charge in [-0.05, 0) is 24.3 Å². The standard InChI is InChI=1S/C8H6ClNO3/c9-8(10-13)7(12)5-1-3-6(11)4-2-5/h1-4,11,13H/b10-8-. The molecule has 0 saturated carbocycles. The van der Waals surface area contributed by atoms with E-state index in [-0.39, 0.29) is 11.3 Å². The van der Waals surface area contributed by atoms with Gasteiger partial charge in [-0.2, -0.15) is 0 Å². The zero-order valence-electron chi connectivity index (χ0n) is 6.44. The molecular weight excluding hydrogens is 194 g/mol. The molecule has 1 rings (SSSR count). The Morgan fingerprint density at radius 3 is 2.31 bits per heavy atom. The number of aromatic hydroxyl groups is 1. The number of ketones is 1. The lowest BCUT2D eigenvalue weighted by molar-refractivity contribution is 0.106. The van der Waals surface area contributed by atoms with Gasteiger partial charge in [0.05, 0.1) is 0 Å². The van der Waals surface area contributed by atoms with Crippen LogP contribution in [-0.4, -0.2) is 21.3 Å². The lowest BCUT2D eigenvalue weighted by atomic mass is 10.1. The van der Waals surface area contributed by atoms with Crippen LogP contribution in [0.15, 0.2) is 29.4 Å². The summed E-state index contributed by atoms with van der Waals surface area (Å²) >= 11 is 5.28. The molecule has 13 heavy (non-hydrogen) atoms. The Bertz CT molecular complexity index is 345. The minimum atomic E-state index is -0.593. The fourth-order valence-electron chi connectivity index (χ4n) is 0.777. The molecule has 1 aromatic rings.